The fraction of sp³-hybridized carbons (Fsp3) is 0.188. The monoisotopic (exact) mass is 268 g/mol. The Morgan fingerprint density at radius 3 is 2.68 bits per heavy atom. The van der Waals surface area contributed by atoms with Crippen LogP contribution < -0.4 is 5.73 Å². The van der Waals surface area contributed by atoms with Crippen molar-refractivity contribution >= 4 is 21.6 Å². The van der Waals surface area contributed by atoms with Crippen molar-refractivity contribution in [3.8, 4) is 11.1 Å². The summed E-state index contributed by atoms with van der Waals surface area (Å²) in [4.78, 5) is 4.55. The Bertz CT molecular complexity index is 728. The maximum atomic E-state index is 5.94. The molecule has 3 heteroatoms. The molecule has 0 aliphatic carbocycles. The molecule has 1 unspecified atom stereocenters. The number of aromatic nitrogens is 1. The van der Waals surface area contributed by atoms with Gasteiger partial charge in [-0.25, -0.2) is 4.98 Å². The lowest BCUT2D eigenvalue weighted by atomic mass is 10.0. The highest BCUT2D eigenvalue weighted by Gasteiger charge is 2.05. The second-order valence-electron chi connectivity index (χ2n) is 4.83. The number of hydrogen-bond donors (Lipinski definition) is 1. The fourth-order valence-electron chi connectivity index (χ4n) is 2.22. The van der Waals surface area contributed by atoms with Crippen LogP contribution in [0.5, 0.6) is 0 Å². The molecule has 0 radical (unpaired) electrons. The van der Waals surface area contributed by atoms with Gasteiger partial charge < -0.3 is 5.73 Å². The zero-order valence-electron chi connectivity index (χ0n) is 11.1. The molecule has 0 aliphatic rings. The van der Waals surface area contributed by atoms with Crippen molar-refractivity contribution in [3.05, 3.63) is 53.0 Å². The lowest BCUT2D eigenvalue weighted by Crippen LogP contribution is -2.04. The number of benzene rings is 2. The average molecular weight is 268 g/mol. The SMILES string of the molecule is Cc1nc2cc(-c3cccc(C(C)N)c3)ccc2s1. The van der Waals surface area contributed by atoms with Crippen molar-refractivity contribution < 1.29 is 0 Å². The summed E-state index contributed by atoms with van der Waals surface area (Å²) in [6, 6.07) is 14.9. The largest absolute Gasteiger partial charge is 0.324 e. The molecule has 1 heterocycles. The van der Waals surface area contributed by atoms with Crippen LogP contribution in [0.3, 0.4) is 0 Å². The third-order valence-electron chi connectivity index (χ3n) is 3.24. The molecule has 0 saturated heterocycles. The summed E-state index contributed by atoms with van der Waals surface area (Å²) in [6.45, 7) is 4.05. The zero-order valence-corrected chi connectivity index (χ0v) is 11.9. The third-order valence-corrected chi connectivity index (χ3v) is 4.19. The van der Waals surface area contributed by atoms with Crippen molar-refractivity contribution in [3.63, 3.8) is 0 Å². The number of nitrogens with zero attached hydrogens (tertiary/aromatic N) is 1. The van der Waals surface area contributed by atoms with Gasteiger partial charge in [-0.05, 0) is 48.7 Å². The number of aryl methyl sites for hydroxylation is 1. The summed E-state index contributed by atoms with van der Waals surface area (Å²) in [6.07, 6.45) is 0. The average Bonchev–Trinajstić information content (AvgIpc) is 2.77. The van der Waals surface area contributed by atoms with E-state index in [-0.39, 0.29) is 6.04 Å². The van der Waals surface area contributed by atoms with E-state index in [0.29, 0.717) is 0 Å². The van der Waals surface area contributed by atoms with E-state index in [4.69, 9.17) is 5.73 Å². The number of fused-ring (bicyclic) bond motifs is 1. The molecule has 0 bridgehead atoms. The van der Waals surface area contributed by atoms with Gasteiger partial charge in [-0.2, -0.15) is 0 Å². The number of rotatable bonds is 2. The van der Waals surface area contributed by atoms with E-state index in [0.717, 1.165) is 16.1 Å². The van der Waals surface area contributed by atoms with Crippen molar-refractivity contribution in [2.75, 3.05) is 0 Å². The van der Waals surface area contributed by atoms with E-state index >= 15 is 0 Å². The van der Waals surface area contributed by atoms with Gasteiger partial charge in [0, 0.05) is 6.04 Å². The first-order chi connectivity index (χ1) is 9.13. The van der Waals surface area contributed by atoms with E-state index in [1.807, 2.05) is 13.8 Å². The van der Waals surface area contributed by atoms with Crippen LogP contribution in [0.25, 0.3) is 21.3 Å². The molecule has 0 spiro atoms. The van der Waals surface area contributed by atoms with Gasteiger partial charge in [0.15, 0.2) is 0 Å². The van der Waals surface area contributed by atoms with Gasteiger partial charge >= 0.3 is 0 Å². The summed E-state index contributed by atoms with van der Waals surface area (Å²) >= 11 is 1.73. The van der Waals surface area contributed by atoms with Crippen LogP contribution >= 0.6 is 11.3 Å². The Balaban J connectivity index is 2.10. The van der Waals surface area contributed by atoms with Gasteiger partial charge in [-0.1, -0.05) is 24.3 Å². The highest BCUT2D eigenvalue weighted by Crippen LogP contribution is 2.28. The van der Waals surface area contributed by atoms with Crippen LogP contribution in [0.4, 0.5) is 0 Å². The minimum Gasteiger partial charge on any atom is -0.324 e. The van der Waals surface area contributed by atoms with Crippen LogP contribution in [0.15, 0.2) is 42.5 Å². The lowest BCUT2D eigenvalue weighted by molar-refractivity contribution is 0.819. The Morgan fingerprint density at radius 1 is 1.11 bits per heavy atom. The first-order valence-corrected chi connectivity index (χ1v) is 7.18. The van der Waals surface area contributed by atoms with Crippen LogP contribution in [0.2, 0.25) is 0 Å². The molecule has 3 rings (SSSR count). The van der Waals surface area contributed by atoms with Crippen LogP contribution in [-0.4, -0.2) is 4.98 Å². The molecule has 0 fully saturated rings. The van der Waals surface area contributed by atoms with Crippen molar-refractivity contribution in [2.24, 2.45) is 5.73 Å². The topological polar surface area (TPSA) is 38.9 Å². The molecular formula is C16H16N2S. The molecule has 2 N–H and O–H groups in total. The molecule has 2 nitrogen and oxygen atoms in total. The van der Waals surface area contributed by atoms with E-state index in [2.05, 4.69) is 47.4 Å². The van der Waals surface area contributed by atoms with Gasteiger partial charge in [0.2, 0.25) is 0 Å². The minimum atomic E-state index is 0.0604. The molecule has 0 saturated carbocycles. The van der Waals surface area contributed by atoms with Gasteiger partial charge in [-0.3, -0.25) is 0 Å². The quantitative estimate of drug-likeness (QED) is 0.753. The van der Waals surface area contributed by atoms with Crippen molar-refractivity contribution in [1.82, 2.24) is 4.98 Å². The smallest absolute Gasteiger partial charge is 0.0907 e. The Kier molecular flexibility index (Phi) is 3.09. The zero-order chi connectivity index (χ0) is 13.4. The summed E-state index contributed by atoms with van der Waals surface area (Å²) in [5.41, 5.74) is 10.6. The van der Waals surface area contributed by atoms with E-state index < -0.39 is 0 Å². The summed E-state index contributed by atoms with van der Waals surface area (Å²) in [5.74, 6) is 0. The lowest BCUT2D eigenvalue weighted by Gasteiger charge is -2.08. The summed E-state index contributed by atoms with van der Waals surface area (Å²) in [7, 11) is 0. The van der Waals surface area contributed by atoms with E-state index in [9.17, 15) is 0 Å². The van der Waals surface area contributed by atoms with Gasteiger partial charge in [0.25, 0.3) is 0 Å². The molecule has 1 aromatic heterocycles. The van der Waals surface area contributed by atoms with Gasteiger partial charge in [0.05, 0.1) is 15.2 Å². The third kappa shape index (κ3) is 2.39. The van der Waals surface area contributed by atoms with Gasteiger partial charge in [0.1, 0.15) is 0 Å². The molecular weight excluding hydrogens is 252 g/mol. The Labute approximate surface area is 116 Å². The van der Waals surface area contributed by atoms with Gasteiger partial charge in [-0.15, -0.1) is 11.3 Å². The molecule has 0 amide bonds. The van der Waals surface area contributed by atoms with E-state index in [1.54, 1.807) is 11.3 Å². The Morgan fingerprint density at radius 2 is 1.89 bits per heavy atom. The van der Waals surface area contributed by atoms with Crippen molar-refractivity contribution in [1.29, 1.82) is 0 Å². The number of nitrogens with two attached hydrogens (primary N) is 1. The second kappa shape index (κ2) is 4.76. The number of hydrogen-bond acceptors (Lipinski definition) is 3. The van der Waals surface area contributed by atoms with Crippen LogP contribution in [-0.2, 0) is 0 Å². The van der Waals surface area contributed by atoms with Crippen LogP contribution in [0, 0.1) is 6.92 Å². The maximum Gasteiger partial charge on any atom is 0.0907 e. The highest BCUT2D eigenvalue weighted by atomic mass is 32.1. The normalized spacial score (nSPS) is 12.8. The summed E-state index contributed by atoms with van der Waals surface area (Å²) < 4.78 is 1.24. The van der Waals surface area contributed by atoms with E-state index in [1.165, 1.54) is 15.8 Å². The fourth-order valence-corrected chi connectivity index (χ4v) is 3.03. The predicted molar refractivity (Wildman–Crippen MR) is 82.4 cm³/mol. The first-order valence-electron chi connectivity index (χ1n) is 6.36. The standard InChI is InChI=1S/C16H16N2S/c1-10(17)12-4-3-5-13(8-12)14-6-7-16-15(9-14)18-11(2)19-16/h3-10H,17H2,1-2H3. The Hall–Kier alpha value is -1.71. The second-order valence-corrected chi connectivity index (χ2v) is 6.06. The molecule has 3 aromatic rings. The molecule has 0 aliphatic heterocycles. The highest BCUT2D eigenvalue weighted by molar-refractivity contribution is 7.18. The first kappa shape index (κ1) is 12.3. The van der Waals surface area contributed by atoms with Crippen molar-refractivity contribution in [2.45, 2.75) is 19.9 Å². The molecule has 19 heavy (non-hydrogen) atoms. The summed E-state index contributed by atoms with van der Waals surface area (Å²) in [5, 5.41) is 1.11. The minimum absolute atomic E-state index is 0.0604. The number of thiazole rings is 1. The molecule has 1 atom stereocenters. The molecule has 2 aromatic carbocycles. The predicted octanol–water partition coefficient (Wildman–Crippen LogP) is 4.29. The molecule has 96 valence electrons. The van der Waals surface area contributed by atoms with Crippen LogP contribution in [0.1, 0.15) is 23.5 Å². The maximum absolute atomic E-state index is 5.94.